The summed E-state index contributed by atoms with van der Waals surface area (Å²) in [5.41, 5.74) is 0.818. The summed E-state index contributed by atoms with van der Waals surface area (Å²) in [5, 5.41) is 8.48. The van der Waals surface area contributed by atoms with E-state index in [2.05, 4.69) is 0 Å². The highest BCUT2D eigenvalue weighted by Crippen LogP contribution is 2.16. The summed E-state index contributed by atoms with van der Waals surface area (Å²) >= 11 is 0. The number of benzene rings is 1. The van der Waals surface area contributed by atoms with Crippen molar-refractivity contribution in [1.82, 2.24) is 4.90 Å². The van der Waals surface area contributed by atoms with Crippen LogP contribution in [0.15, 0.2) is 24.3 Å². The van der Waals surface area contributed by atoms with Crippen molar-refractivity contribution in [3.63, 3.8) is 0 Å². The van der Waals surface area contributed by atoms with Crippen LogP contribution in [-0.4, -0.2) is 35.2 Å². The van der Waals surface area contributed by atoms with E-state index in [-0.39, 0.29) is 6.54 Å². The lowest BCUT2D eigenvalue weighted by atomic mass is 10.1. The molecule has 1 N–H and O–H groups in total. The Labute approximate surface area is 108 Å². The maximum atomic E-state index is 13.8. The molecule has 0 aliphatic carbocycles. The van der Waals surface area contributed by atoms with Gasteiger partial charge in [0.15, 0.2) is 0 Å². The van der Waals surface area contributed by atoms with Crippen molar-refractivity contribution in [1.29, 1.82) is 0 Å². The second-order valence-electron chi connectivity index (χ2n) is 4.06. The van der Waals surface area contributed by atoms with E-state index in [4.69, 9.17) is 9.84 Å². The highest BCUT2D eigenvalue weighted by atomic mass is 19.1. The van der Waals surface area contributed by atoms with Crippen LogP contribution in [0.2, 0.25) is 0 Å². The Kier molecular flexibility index (Phi) is 3.79. The molecule has 1 fully saturated rings. The van der Waals surface area contributed by atoms with E-state index in [9.17, 15) is 14.0 Å². The Bertz CT molecular complexity index is 541. The molecule has 1 aromatic rings. The van der Waals surface area contributed by atoms with Gasteiger partial charge in [0.1, 0.15) is 12.4 Å². The summed E-state index contributed by atoms with van der Waals surface area (Å²) in [5.74, 6) is -1.57. The van der Waals surface area contributed by atoms with Crippen molar-refractivity contribution in [3.05, 3.63) is 41.2 Å². The molecule has 0 spiro atoms. The second kappa shape index (κ2) is 5.51. The number of aliphatic carboxylic acids is 1. The number of cyclic esters (lactones) is 1. The summed E-state index contributed by atoms with van der Waals surface area (Å²) in [6.07, 6.45) is 1.79. The van der Waals surface area contributed by atoms with Gasteiger partial charge in [-0.2, -0.15) is 0 Å². The highest BCUT2D eigenvalue weighted by Gasteiger charge is 2.22. The number of amides is 1. The Morgan fingerprint density at radius 1 is 1.53 bits per heavy atom. The van der Waals surface area contributed by atoms with Crippen LogP contribution in [0, 0.1) is 5.82 Å². The molecule has 0 radical (unpaired) electrons. The van der Waals surface area contributed by atoms with E-state index in [0.717, 1.165) is 6.08 Å². The summed E-state index contributed by atoms with van der Waals surface area (Å²) in [6.45, 7) is 0.909. The van der Waals surface area contributed by atoms with E-state index in [1.54, 1.807) is 6.07 Å². The summed E-state index contributed by atoms with van der Waals surface area (Å²) in [7, 11) is 0. The number of halogens is 1. The van der Waals surface area contributed by atoms with Crippen LogP contribution >= 0.6 is 0 Å². The monoisotopic (exact) mass is 265 g/mol. The quantitative estimate of drug-likeness (QED) is 0.844. The predicted molar refractivity (Wildman–Crippen MR) is 64.8 cm³/mol. The summed E-state index contributed by atoms with van der Waals surface area (Å²) < 4.78 is 18.5. The Hall–Kier alpha value is -2.37. The van der Waals surface area contributed by atoms with Crippen LogP contribution < -0.4 is 0 Å². The van der Waals surface area contributed by atoms with Crippen LogP contribution in [0.3, 0.4) is 0 Å². The lowest BCUT2D eigenvalue weighted by molar-refractivity contribution is -0.131. The zero-order valence-corrected chi connectivity index (χ0v) is 10.0. The number of carbonyl (C=O) groups excluding carboxylic acids is 1. The van der Waals surface area contributed by atoms with Crippen LogP contribution in [0.4, 0.5) is 9.18 Å². The largest absolute Gasteiger partial charge is 0.478 e. The zero-order chi connectivity index (χ0) is 13.8. The normalized spacial score (nSPS) is 15.0. The molecule has 1 aliphatic rings. The molecule has 100 valence electrons. The molecule has 1 aliphatic heterocycles. The molecular formula is C13H12FNO4. The lowest BCUT2D eigenvalue weighted by Gasteiger charge is -2.13. The molecule has 1 saturated heterocycles. The number of hydrogen-bond donors (Lipinski definition) is 1. The molecule has 5 nitrogen and oxygen atoms in total. The van der Waals surface area contributed by atoms with Crippen molar-refractivity contribution in [2.24, 2.45) is 0 Å². The van der Waals surface area contributed by atoms with Gasteiger partial charge in [-0.05, 0) is 17.7 Å². The molecule has 0 unspecified atom stereocenters. The first-order valence-electron chi connectivity index (χ1n) is 5.67. The first-order valence-corrected chi connectivity index (χ1v) is 5.67. The standard InChI is InChI=1S/C13H12FNO4/c14-11-7-9(2-4-12(16)17)1-3-10(11)8-15-5-6-19-13(15)18/h1-4,7H,5-6,8H2,(H,16,17). The maximum Gasteiger partial charge on any atom is 0.410 e. The number of nitrogens with zero attached hydrogens (tertiary/aromatic N) is 1. The summed E-state index contributed by atoms with van der Waals surface area (Å²) in [4.78, 5) is 23.0. The van der Waals surface area contributed by atoms with Crippen LogP contribution in [0.25, 0.3) is 6.08 Å². The number of carboxylic acids is 1. The van der Waals surface area contributed by atoms with E-state index < -0.39 is 17.9 Å². The van der Waals surface area contributed by atoms with Crippen molar-refractivity contribution in [2.75, 3.05) is 13.2 Å². The predicted octanol–water partition coefficient (Wildman–Crippen LogP) is 1.88. The SMILES string of the molecule is O=C(O)C=Cc1ccc(CN2CCOC2=O)c(F)c1. The third-order valence-corrected chi connectivity index (χ3v) is 2.70. The van der Waals surface area contributed by atoms with Gasteiger partial charge in [0.2, 0.25) is 0 Å². The molecule has 1 amide bonds. The first-order chi connectivity index (χ1) is 9.06. The maximum absolute atomic E-state index is 13.8. The molecule has 0 atom stereocenters. The number of carbonyl (C=O) groups is 2. The molecule has 0 bridgehead atoms. The molecule has 2 rings (SSSR count). The second-order valence-corrected chi connectivity index (χ2v) is 4.06. The topological polar surface area (TPSA) is 66.8 Å². The molecule has 0 saturated carbocycles. The van der Waals surface area contributed by atoms with Crippen LogP contribution in [-0.2, 0) is 16.1 Å². The molecule has 0 aromatic heterocycles. The van der Waals surface area contributed by atoms with Gasteiger partial charge in [0.05, 0.1) is 13.1 Å². The van der Waals surface area contributed by atoms with E-state index >= 15 is 0 Å². The van der Waals surface area contributed by atoms with Gasteiger partial charge in [-0.1, -0.05) is 12.1 Å². The van der Waals surface area contributed by atoms with Gasteiger partial charge in [-0.15, -0.1) is 0 Å². The molecular weight excluding hydrogens is 253 g/mol. The number of rotatable bonds is 4. The van der Waals surface area contributed by atoms with Crippen molar-refractivity contribution in [3.8, 4) is 0 Å². The van der Waals surface area contributed by atoms with Crippen molar-refractivity contribution in [2.45, 2.75) is 6.54 Å². The smallest absolute Gasteiger partial charge is 0.410 e. The number of hydrogen-bond acceptors (Lipinski definition) is 3. The molecule has 1 aromatic carbocycles. The Balaban J connectivity index is 2.10. The van der Waals surface area contributed by atoms with Crippen molar-refractivity contribution < 1.29 is 23.8 Å². The fraction of sp³-hybridized carbons (Fsp3) is 0.231. The van der Waals surface area contributed by atoms with E-state index in [0.29, 0.717) is 24.3 Å². The van der Waals surface area contributed by atoms with Gasteiger partial charge in [0.25, 0.3) is 0 Å². The minimum Gasteiger partial charge on any atom is -0.478 e. The van der Waals surface area contributed by atoms with Crippen molar-refractivity contribution >= 4 is 18.1 Å². The number of carboxylic acid groups (broad SMARTS) is 1. The first kappa shape index (κ1) is 13.1. The van der Waals surface area contributed by atoms with Crippen LogP contribution in [0.5, 0.6) is 0 Å². The average molecular weight is 265 g/mol. The van der Waals surface area contributed by atoms with Gasteiger partial charge < -0.3 is 14.7 Å². The van der Waals surface area contributed by atoms with Gasteiger partial charge in [-0.3, -0.25) is 0 Å². The van der Waals surface area contributed by atoms with Gasteiger partial charge in [0, 0.05) is 11.6 Å². The van der Waals surface area contributed by atoms with Gasteiger partial charge in [-0.25, -0.2) is 14.0 Å². The van der Waals surface area contributed by atoms with Crippen LogP contribution in [0.1, 0.15) is 11.1 Å². The third kappa shape index (κ3) is 3.31. The fourth-order valence-corrected chi connectivity index (χ4v) is 1.74. The van der Waals surface area contributed by atoms with Gasteiger partial charge >= 0.3 is 12.1 Å². The fourth-order valence-electron chi connectivity index (χ4n) is 1.74. The van der Waals surface area contributed by atoms with E-state index in [1.807, 2.05) is 0 Å². The minimum absolute atomic E-state index is 0.146. The number of ether oxygens (including phenoxy) is 1. The third-order valence-electron chi connectivity index (χ3n) is 2.70. The lowest BCUT2D eigenvalue weighted by Crippen LogP contribution is -2.24. The molecule has 6 heteroatoms. The molecule has 19 heavy (non-hydrogen) atoms. The average Bonchev–Trinajstić information content (AvgIpc) is 2.75. The zero-order valence-electron chi connectivity index (χ0n) is 10.0. The van der Waals surface area contributed by atoms with E-state index in [1.165, 1.54) is 23.1 Å². The molecule has 1 heterocycles. The minimum atomic E-state index is -1.09. The highest BCUT2D eigenvalue weighted by molar-refractivity contribution is 5.85. The Morgan fingerprint density at radius 3 is 2.89 bits per heavy atom. The Morgan fingerprint density at radius 2 is 2.32 bits per heavy atom. The summed E-state index contributed by atoms with van der Waals surface area (Å²) in [6, 6.07) is 4.36.